The molecule has 9 heteroatoms. The van der Waals surface area contributed by atoms with E-state index < -0.39 is 10.0 Å². The Bertz CT molecular complexity index is 995. The van der Waals surface area contributed by atoms with Gasteiger partial charge in [0.15, 0.2) is 0 Å². The van der Waals surface area contributed by atoms with Crippen molar-refractivity contribution in [2.45, 2.75) is 16.3 Å². The molecule has 0 aliphatic carbocycles. The summed E-state index contributed by atoms with van der Waals surface area (Å²) in [6, 6.07) is 15.7. The first-order chi connectivity index (χ1) is 14.0. The number of nitrogens with zero attached hydrogens (tertiary/aromatic N) is 2. The van der Waals surface area contributed by atoms with Crippen LogP contribution in [0.2, 0.25) is 0 Å². The van der Waals surface area contributed by atoms with Crippen LogP contribution in [0.15, 0.2) is 58.3 Å². The van der Waals surface area contributed by atoms with Crippen LogP contribution in [0.5, 0.6) is 0 Å². The summed E-state index contributed by atoms with van der Waals surface area (Å²) >= 11 is 1.31. The normalized spacial score (nSPS) is 14.9. The molecule has 29 heavy (non-hydrogen) atoms. The Kier molecular flexibility index (Phi) is 7.28. The molecule has 1 aliphatic heterocycles. The largest absolute Gasteiger partial charge is 0.379 e. The van der Waals surface area contributed by atoms with Gasteiger partial charge in [-0.2, -0.15) is 9.57 Å². The molecule has 0 spiro atoms. The summed E-state index contributed by atoms with van der Waals surface area (Å²) in [6.07, 6.45) is 0. The van der Waals surface area contributed by atoms with Gasteiger partial charge in [0.05, 0.1) is 35.5 Å². The van der Waals surface area contributed by atoms with Crippen LogP contribution in [0.25, 0.3) is 0 Å². The van der Waals surface area contributed by atoms with Gasteiger partial charge in [-0.05, 0) is 29.8 Å². The zero-order valence-corrected chi connectivity index (χ0v) is 17.3. The van der Waals surface area contributed by atoms with Gasteiger partial charge in [0.2, 0.25) is 10.0 Å². The molecule has 1 amide bonds. The lowest BCUT2D eigenvalue weighted by Crippen LogP contribution is -2.40. The SMILES string of the molecule is N#CCSc1ccccc1C(=O)NCc1ccc(S(=O)(=O)N2CCOCC2)cc1. The van der Waals surface area contributed by atoms with Crippen molar-refractivity contribution in [3.05, 3.63) is 59.7 Å². The average molecular weight is 432 g/mol. The maximum absolute atomic E-state index is 12.6. The maximum atomic E-state index is 12.6. The summed E-state index contributed by atoms with van der Waals surface area (Å²) in [5, 5.41) is 11.6. The van der Waals surface area contributed by atoms with Gasteiger partial charge in [0.25, 0.3) is 5.91 Å². The molecule has 1 N–H and O–H groups in total. The highest BCUT2D eigenvalue weighted by Gasteiger charge is 2.26. The van der Waals surface area contributed by atoms with Gasteiger partial charge in [0.1, 0.15) is 0 Å². The Morgan fingerprint density at radius 3 is 2.52 bits per heavy atom. The third-order valence-electron chi connectivity index (χ3n) is 4.41. The number of carbonyl (C=O) groups excluding carboxylic acids is 1. The van der Waals surface area contributed by atoms with Gasteiger partial charge < -0.3 is 10.1 Å². The molecule has 0 unspecified atom stereocenters. The van der Waals surface area contributed by atoms with Gasteiger partial charge in [0, 0.05) is 24.5 Å². The van der Waals surface area contributed by atoms with E-state index in [1.54, 1.807) is 36.4 Å². The van der Waals surface area contributed by atoms with Crippen molar-refractivity contribution < 1.29 is 17.9 Å². The number of ether oxygens (including phenoxy) is 1. The number of hydrogen-bond acceptors (Lipinski definition) is 6. The molecule has 1 heterocycles. The van der Waals surface area contributed by atoms with Crippen LogP contribution in [-0.2, 0) is 21.3 Å². The third kappa shape index (κ3) is 5.36. The van der Waals surface area contributed by atoms with E-state index in [1.807, 2.05) is 12.1 Å². The Balaban J connectivity index is 1.63. The fraction of sp³-hybridized carbons (Fsp3) is 0.300. The summed E-state index contributed by atoms with van der Waals surface area (Å²) in [4.78, 5) is 13.5. The van der Waals surface area contributed by atoms with Gasteiger partial charge in [-0.1, -0.05) is 24.3 Å². The molecule has 7 nitrogen and oxygen atoms in total. The van der Waals surface area contributed by atoms with E-state index >= 15 is 0 Å². The molecule has 0 saturated carbocycles. The molecule has 0 radical (unpaired) electrons. The van der Waals surface area contributed by atoms with Crippen molar-refractivity contribution in [1.82, 2.24) is 9.62 Å². The number of morpholine rings is 1. The van der Waals surface area contributed by atoms with Gasteiger partial charge in [-0.3, -0.25) is 4.79 Å². The first-order valence-corrected chi connectivity index (χ1v) is 11.5. The van der Waals surface area contributed by atoms with Crippen molar-refractivity contribution in [2.75, 3.05) is 32.1 Å². The second kappa shape index (κ2) is 9.89. The molecule has 152 valence electrons. The van der Waals surface area contributed by atoms with E-state index in [0.29, 0.717) is 31.9 Å². The summed E-state index contributed by atoms with van der Waals surface area (Å²) in [5.74, 6) is 0.0275. The lowest BCUT2D eigenvalue weighted by atomic mass is 10.2. The molecule has 1 aliphatic rings. The molecular weight excluding hydrogens is 410 g/mol. The number of nitriles is 1. The van der Waals surface area contributed by atoms with Crippen LogP contribution in [0.4, 0.5) is 0 Å². The molecule has 2 aromatic carbocycles. The minimum Gasteiger partial charge on any atom is -0.379 e. The second-order valence-corrected chi connectivity index (χ2v) is 9.24. The Morgan fingerprint density at radius 1 is 1.14 bits per heavy atom. The van der Waals surface area contributed by atoms with Crippen LogP contribution in [0.3, 0.4) is 0 Å². The van der Waals surface area contributed by atoms with Crippen molar-refractivity contribution in [3.63, 3.8) is 0 Å². The van der Waals surface area contributed by atoms with Crippen molar-refractivity contribution in [3.8, 4) is 6.07 Å². The first-order valence-electron chi connectivity index (χ1n) is 9.06. The van der Waals surface area contributed by atoms with Crippen LogP contribution in [-0.4, -0.2) is 50.7 Å². The van der Waals surface area contributed by atoms with Crippen molar-refractivity contribution in [1.29, 1.82) is 5.26 Å². The Morgan fingerprint density at radius 2 is 1.83 bits per heavy atom. The molecule has 0 aromatic heterocycles. The summed E-state index contributed by atoms with van der Waals surface area (Å²) in [7, 11) is -3.53. The zero-order valence-electron chi connectivity index (χ0n) is 15.7. The minimum atomic E-state index is -3.53. The number of thioether (sulfide) groups is 1. The average Bonchev–Trinajstić information content (AvgIpc) is 2.77. The number of rotatable bonds is 7. The summed E-state index contributed by atoms with van der Waals surface area (Å²) < 4.78 is 31.9. The fourth-order valence-electron chi connectivity index (χ4n) is 2.88. The highest BCUT2D eigenvalue weighted by molar-refractivity contribution is 7.99. The molecule has 0 bridgehead atoms. The summed E-state index contributed by atoms with van der Waals surface area (Å²) in [5.41, 5.74) is 1.31. The number of benzene rings is 2. The van der Waals surface area contributed by atoms with Gasteiger partial charge in [-0.15, -0.1) is 11.8 Å². The standard InChI is InChI=1S/C20H21N3O4S2/c21-9-14-28-19-4-2-1-3-18(19)20(24)22-15-16-5-7-17(8-6-16)29(25,26)23-10-12-27-13-11-23/h1-8H,10-15H2,(H,22,24). The van der Waals surface area contributed by atoms with Crippen LogP contribution >= 0.6 is 11.8 Å². The zero-order chi connectivity index (χ0) is 20.7. The lowest BCUT2D eigenvalue weighted by molar-refractivity contribution is 0.0730. The number of hydrogen-bond donors (Lipinski definition) is 1. The van der Waals surface area contributed by atoms with Crippen LogP contribution in [0.1, 0.15) is 15.9 Å². The predicted octanol–water partition coefficient (Wildman–Crippen LogP) is 2.25. The van der Waals surface area contributed by atoms with E-state index in [9.17, 15) is 13.2 Å². The maximum Gasteiger partial charge on any atom is 0.252 e. The molecule has 3 rings (SSSR count). The minimum absolute atomic E-state index is 0.229. The molecule has 2 aromatic rings. The molecule has 0 atom stereocenters. The Labute approximate surface area is 174 Å². The topological polar surface area (TPSA) is 99.5 Å². The smallest absolute Gasteiger partial charge is 0.252 e. The van der Waals surface area contributed by atoms with E-state index in [2.05, 4.69) is 11.4 Å². The number of nitrogens with one attached hydrogen (secondary N) is 1. The predicted molar refractivity (Wildman–Crippen MR) is 110 cm³/mol. The highest BCUT2D eigenvalue weighted by Crippen LogP contribution is 2.22. The van der Waals surface area contributed by atoms with Crippen LogP contribution < -0.4 is 5.32 Å². The van der Waals surface area contributed by atoms with Crippen LogP contribution in [0, 0.1) is 11.3 Å². The first kappa shape index (κ1) is 21.3. The van der Waals surface area contributed by atoms with Crippen molar-refractivity contribution >= 4 is 27.7 Å². The molecule has 1 saturated heterocycles. The van der Waals surface area contributed by atoms with E-state index in [4.69, 9.17) is 10.00 Å². The number of amides is 1. The molecule has 1 fully saturated rings. The fourth-order valence-corrected chi connectivity index (χ4v) is 5.00. The monoisotopic (exact) mass is 431 g/mol. The lowest BCUT2D eigenvalue weighted by Gasteiger charge is -2.26. The highest BCUT2D eigenvalue weighted by atomic mass is 32.2. The Hall–Kier alpha value is -2.38. The van der Waals surface area contributed by atoms with Gasteiger partial charge >= 0.3 is 0 Å². The van der Waals surface area contributed by atoms with Crippen molar-refractivity contribution in [2.24, 2.45) is 0 Å². The van der Waals surface area contributed by atoms with E-state index in [0.717, 1.165) is 10.5 Å². The summed E-state index contributed by atoms with van der Waals surface area (Å²) in [6.45, 7) is 1.77. The van der Waals surface area contributed by atoms with Gasteiger partial charge in [-0.25, -0.2) is 8.42 Å². The van der Waals surface area contributed by atoms with E-state index in [-0.39, 0.29) is 23.1 Å². The van der Waals surface area contributed by atoms with E-state index in [1.165, 1.54) is 16.1 Å². The molecular formula is C20H21N3O4S2. The third-order valence-corrected chi connectivity index (χ3v) is 7.26. The number of sulfonamides is 1. The number of carbonyl (C=O) groups is 1. The quantitative estimate of drug-likeness (QED) is 0.675. The second-order valence-electron chi connectivity index (χ2n) is 6.29.